The number of benzene rings is 1. The van der Waals surface area contributed by atoms with Gasteiger partial charge in [-0.05, 0) is 47.6 Å². The Morgan fingerprint density at radius 2 is 2.10 bits per heavy atom. The van der Waals surface area contributed by atoms with Crippen LogP contribution >= 0.6 is 0 Å². The summed E-state index contributed by atoms with van der Waals surface area (Å²) in [6, 6.07) is 8.40. The van der Waals surface area contributed by atoms with Gasteiger partial charge < -0.3 is 5.32 Å². The van der Waals surface area contributed by atoms with Crippen LogP contribution in [0.4, 0.5) is 0 Å². The van der Waals surface area contributed by atoms with Crippen LogP contribution in [0.25, 0.3) is 5.69 Å². The molecule has 4 rings (SSSR count). The minimum absolute atomic E-state index is 0.0000240. The highest BCUT2D eigenvalue weighted by Gasteiger charge is 2.27. The molecule has 0 radical (unpaired) electrons. The van der Waals surface area contributed by atoms with E-state index in [4.69, 9.17) is 0 Å². The molecule has 0 aliphatic heterocycles. The lowest BCUT2D eigenvalue weighted by atomic mass is 9.87. The standard InChI is InChI=1S/C21H25N5O3/c1-21(2,3)14-7-9-15(10-8-14)26-18-6-4-5-17(16(18)11-22-26)23-19(27)12-25-13-20(28)29-24-25/h7-11,13,17H,4-6,12H2,1-3H3,(H-,23,24,27,28)/p+1. The third kappa shape index (κ3) is 4.01. The highest BCUT2D eigenvalue weighted by molar-refractivity contribution is 5.75. The SMILES string of the molecule is CC(C)(C)c1ccc(-n2ncc3c2CCCC3NC(=O)C[n+]2cc(=O)o[nH]2)cc1. The van der Waals surface area contributed by atoms with Gasteiger partial charge in [0.25, 0.3) is 18.6 Å². The maximum absolute atomic E-state index is 12.4. The molecule has 1 aromatic carbocycles. The van der Waals surface area contributed by atoms with E-state index >= 15 is 0 Å². The summed E-state index contributed by atoms with van der Waals surface area (Å²) < 4.78 is 7.88. The first kappa shape index (κ1) is 19.2. The Hall–Kier alpha value is -3.16. The van der Waals surface area contributed by atoms with E-state index in [0.29, 0.717) is 0 Å². The predicted molar refractivity (Wildman–Crippen MR) is 106 cm³/mol. The molecule has 2 aromatic heterocycles. The van der Waals surface area contributed by atoms with Crippen LogP contribution < -0.4 is 15.6 Å². The third-order valence-electron chi connectivity index (χ3n) is 5.33. The second-order valence-corrected chi connectivity index (χ2v) is 8.54. The molecule has 2 heterocycles. The average Bonchev–Trinajstić information content (AvgIpc) is 3.28. The average molecular weight is 396 g/mol. The smallest absolute Gasteiger partial charge is 0.344 e. The summed E-state index contributed by atoms with van der Waals surface area (Å²) in [6.07, 6.45) is 5.82. The molecule has 1 unspecified atom stereocenters. The van der Waals surface area contributed by atoms with Crippen LogP contribution in [-0.2, 0) is 23.2 Å². The second-order valence-electron chi connectivity index (χ2n) is 8.54. The van der Waals surface area contributed by atoms with Crippen LogP contribution in [0, 0.1) is 0 Å². The Morgan fingerprint density at radius 1 is 1.34 bits per heavy atom. The lowest BCUT2D eigenvalue weighted by molar-refractivity contribution is -0.751. The van der Waals surface area contributed by atoms with Gasteiger partial charge in [0.15, 0.2) is 0 Å². The molecule has 1 aliphatic rings. The van der Waals surface area contributed by atoms with Crippen molar-refractivity contribution in [1.82, 2.24) is 20.4 Å². The van der Waals surface area contributed by atoms with Crippen molar-refractivity contribution in [3.05, 3.63) is 63.9 Å². The molecule has 3 aromatic rings. The van der Waals surface area contributed by atoms with Gasteiger partial charge in [0.05, 0.1) is 17.9 Å². The zero-order chi connectivity index (χ0) is 20.6. The van der Waals surface area contributed by atoms with Crippen LogP contribution in [-0.4, -0.2) is 21.0 Å². The van der Waals surface area contributed by atoms with Gasteiger partial charge in [-0.1, -0.05) is 37.6 Å². The van der Waals surface area contributed by atoms with E-state index in [0.717, 1.165) is 36.2 Å². The van der Waals surface area contributed by atoms with Crippen molar-refractivity contribution in [3.8, 4) is 5.69 Å². The van der Waals surface area contributed by atoms with Crippen LogP contribution in [0.1, 0.15) is 56.5 Å². The fraction of sp³-hybridized carbons (Fsp3) is 0.429. The van der Waals surface area contributed by atoms with Gasteiger partial charge in [0.2, 0.25) is 0 Å². The number of fused-ring (bicyclic) bond motifs is 1. The third-order valence-corrected chi connectivity index (χ3v) is 5.33. The first-order valence-corrected chi connectivity index (χ1v) is 9.86. The zero-order valence-electron chi connectivity index (χ0n) is 16.9. The number of nitrogens with one attached hydrogen (secondary N) is 2. The highest BCUT2D eigenvalue weighted by atomic mass is 16.5. The summed E-state index contributed by atoms with van der Waals surface area (Å²) >= 11 is 0. The molecule has 2 N–H and O–H groups in total. The van der Waals surface area contributed by atoms with E-state index in [-0.39, 0.29) is 23.9 Å². The number of rotatable bonds is 4. The molecule has 8 heteroatoms. The number of carbonyl (C=O) groups excluding carboxylic acids is 1. The van der Waals surface area contributed by atoms with Gasteiger partial charge >= 0.3 is 5.63 Å². The van der Waals surface area contributed by atoms with Crippen molar-refractivity contribution in [1.29, 1.82) is 0 Å². The lowest BCUT2D eigenvalue weighted by Gasteiger charge is -2.24. The Labute approximate surface area is 168 Å². The van der Waals surface area contributed by atoms with E-state index in [1.807, 2.05) is 10.9 Å². The molecule has 29 heavy (non-hydrogen) atoms. The van der Waals surface area contributed by atoms with Crippen molar-refractivity contribution in [2.75, 3.05) is 0 Å². The quantitative estimate of drug-likeness (QED) is 0.659. The topological polar surface area (TPSA) is 96.8 Å². The number of hydrogen-bond acceptors (Lipinski definition) is 4. The zero-order valence-corrected chi connectivity index (χ0v) is 16.9. The normalized spacial score (nSPS) is 16.4. The summed E-state index contributed by atoms with van der Waals surface area (Å²) in [5.74, 6) is -0.188. The second kappa shape index (κ2) is 7.35. The molecule has 0 saturated heterocycles. The van der Waals surface area contributed by atoms with Crippen LogP contribution in [0.2, 0.25) is 0 Å². The van der Waals surface area contributed by atoms with Crippen molar-refractivity contribution < 1.29 is 14.0 Å². The van der Waals surface area contributed by atoms with Gasteiger partial charge in [-0.3, -0.25) is 9.32 Å². The minimum atomic E-state index is -0.517. The Kier molecular flexibility index (Phi) is 4.86. The fourth-order valence-electron chi connectivity index (χ4n) is 3.79. The van der Waals surface area contributed by atoms with Gasteiger partial charge in [-0.25, -0.2) is 9.48 Å². The first-order chi connectivity index (χ1) is 13.8. The van der Waals surface area contributed by atoms with Crippen LogP contribution in [0.15, 0.2) is 46.0 Å². The van der Waals surface area contributed by atoms with E-state index < -0.39 is 5.63 Å². The molecule has 1 amide bonds. The number of nitrogens with zero attached hydrogens (tertiary/aromatic N) is 3. The highest BCUT2D eigenvalue weighted by Crippen LogP contribution is 2.31. The summed E-state index contributed by atoms with van der Waals surface area (Å²) in [7, 11) is 0. The fourth-order valence-corrected chi connectivity index (χ4v) is 3.79. The van der Waals surface area contributed by atoms with Crippen molar-refractivity contribution in [3.63, 3.8) is 0 Å². The molecule has 1 aliphatic carbocycles. The van der Waals surface area contributed by atoms with Gasteiger partial charge in [0.1, 0.15) is 0 Å². The largest absolute Gasteiger partial charge is 0.426 e. The molecular weight excluding hydrogens is 370 g/mol. The summed E-state index contributed by atoms with van der Waals surface area (Å²) in [5, 5.41) is 10.0. The molecule has 1 atom stereocenters. The monoisotopic (exact) mass is 396 g/mol. The van der Waals surface area contributed by atoms with E-state index in [1.54, 1.807) is 0 Å². The molecule has 8 nitrogen and oxygen atoms in total. The van der Waals surface area contributed by atoms with Crippen molar-refractivity contribution in [2.24, 2.45) is 0 Å². The molecule has 0 saturated carbocycles. The number of aromatic amines is 1. The summed E-state index contributed by atoms with van der Waals surface area (Å²) in [5.41, 5.74) is 4.08. The van der Waals surface area contributed by atoms with E-state index in [2.05, 4.69) is 65.2 Å². The van der Waals surface area contributed by atoms with E-state index in [9.17, 15) is 9.59 Å². The van der Waals surface area contributed by atoms with E-state index in [1.165, 1.54) is 16.4 Å². The Bertz CT molecular complexity index is 1070. The number of hydrogen-bond donors (Lipinski definition) is 2. The summed E-state index contributed by atoms with van der Waals surface area (Å²) in [4.78, 5) is 23.5. The molecular formula is C21H26N5O3+. The lowest BCUT2D eigenvalue weighted by Crippen LogP contribution is -2.45. The molecule has 0 fully saturated rings. The molecule has 0 bridgehead atoms. The van der Waals surface area contributed by atoms with Crippen LogP contribution in [0.3, 0.4) is 0 Å². The van der Waals surface area contributed by atoms with Crippen LogP contribution in [0.5, 0.6) is 0 Å². The first-order valence-electron chi connectivity index (χ1n) is 9.86. The Morgan fingerprint density at radius 3 is 2.76 bits per heavy atom. The number of H-pyrrole nitrogens is 1. The van der Waals surface area contributed by atoms with Gasteiger partial charge in [0, 0.05) is 11.3 Å². The minimum Gasteiger partial charge on any atom is -0.344 e. The maximum Gasteiger partial charge on any atom is 0.426 e. The number of amides is 1. The maximum atomic E-state index is 12.4. The molecule has 152 valence electrons. The Balaban J connectivity index is 1.53. The number of aromatic nitrogens is 4. The number of carbonyl (C=O) groups is 1. The van der Waals surface area contributed by atoms with Gasteiger partial charge in [-0.15, -0.1) is 0 Å². The van der Waals surface area contributed by atoms with Gasteiger partial charge in [-0.2, -0.15) is 5.10 Å². The molecule has 0 spiro atoms. The predicted octanol–water partition coefficient (Wildman–Crippen LogP) is 1.93. The van der Waals surface area contributed by atoms with Crippen molar-refractivity contribution in [2.45, 2.75) is 58.0 Å². The summed E-state index contributed by atoms with van der Waals surface area (Å²) in [6.45, 7) is 6.59. The van der Waals surface area contributed by atoms with Crippen molar-refractivity contribution >= 4 is 5.91 Å².